The third-order valence-corrected chi connectivity index (χ3v) is 0.696. The van der Waals surface area contributed by atoms with Gasteiger partial charge in [0.25, 0.3) is 0 Å². The Hall–Kier alpha value is -0.736. The number of nitrogens with two attached hydrogens (primary N) is 2. The van der Waals surface area contributed by atoms with Crippen LogP contribution in [0.5, 0.6) is 0 Å². The summed E-state index contributed by atoms with van der Waals surface area (Å²) in [4.78, 5) is 7.24. The number of nitrogen functional groups attached to an aromatic ring is 2. The van der Waals surface area contributed by atoms with Gasteiger partial charge in [0.05, 0.1) is 0 Å². The molecule has 4 nitrogen and oxygen atoms in total. The zero-order valence-electron chi connectivity index (χ0n) is 4.65. The van der Waals surface area contributed by atoms with Crippen molar-refractivity contribution in [3.8, 4) is 0 Å². The molecule has 0 bridgehead atoms. The van der Waals surface area contributed by atoms with Crippen LogP contribution in [0, 0.1) is 0 Å². The van der Waals surface area contributed by atoms with Crippen molar-refractivity contribution in [3.63, 3.8) is 0 Å². The molecule has 1 aromatic rings. The summed E-state index contributed by atoms with van der Waals surface area (Å²) in [6.45, 7) is 0. The maximum absolute atomic E-state index is 5.23. The Bertz CT molecular complexity index is 172. The van der Waals surface area contributed by atoms with Crippen molar-refractivity contribution >= 4 is 11.8 Å². The summed E-state index contributed by atoms with van der Waals surface area (Å²) in [6.07, 6.45) is 1.51. The molecule has 0 saturated carbocycles. The predicted molar refractivity (Wildman–Crippen MR) is 30.9 cm³/mol. The van der Waals surface area contributed by atoms with E-state index in [1.807, 2.05) is 0 Å². The van der Waals surface area contributed by atoms with Gasteiger partial charge in [-0.15, -0.1) is 0 Å². The first-order valence-electron chi connectivity index (χ1n) is 2.13. The number of anilines is 2. The zero-order chi connectivity index (χ0) is 5.98. The molecule has 9 heavy (non-hydrogen) atoms. The van der Waals surface area contributed by atoms with Gasteiger partial charge in [0.2, 0.25) is 5.95 Å². The van der Waals surface area contributed by atoms with E-state index in [1.165, 1.54) is 6.20 Å². The van der Waals surface area contributed by atoms with Crippen molar-refractivity contribution in [1.82, 2.24) is 9.97 Å². The molecule has 5 heteroatoms. The van der Waals surface area contributed by atoms with E-state index in [-0.39, 0.29) is 24.5 Å². The third kappa shape index (κ3) is 2.35. The topological polar surface area (TPSA) is 77.8 Å². The summed E-state index contributed by atoms with van der Waals surface area (Å²) >= 11 is 0. The summed E-state index contributed by atoms with van der Waals surface area (Å²) < 4.78 is 0. The van der Waals surface area contributed by atoms with Gasteiger partial charge >= 0.3 is 0 Å². The smallest absolute Gasteiger partial charge is 0.221 e. The molecule has 1 rings (SSSR count). The average Bonchev–Trinajstić information content (AvgIpc) is 1.64. The van der Waals surface area contributed by atoms with E-state index >= 15 is 0 Å². The quantitative estimate of drug-likeness (QED) is 0.544. The van der Waals surface area contributed by atoms with Crippen LogP contribution in [0.2, 0.25) is 0 Å². The normalized spacial score (nSPS) is 8.00. The second-order valence-corrected chi connectivity index (χ2v) is 1.34. The maximum atomic E-state index is 5.23. The van der Waals surface area contributed by atoms with Crippen LogP contribution in [0.15, 0.2) is 12.3 Å². The van der Waals surface area contributed by atoms with Gasteiger partial charge in [-0.2, -0.15) is 4.98 Å². The first-order valence-corrected chi connectivity index (χ1v) is 2.13. The van der Waals surface area contributed by atoms with Crippen LogP contribution in [-0.2, 0) is 18.6 Å². The Balaban J connectivity index is 0.000000640. The van der Waals surface area contributed by atoms with Crippen molar-refractivity contribution in [2.24, 2.45) is 0 Å². The Kier molecular flexibility index (Phi) is 3.05. The fraction of sp³-hybridized carbons (Fsp3) is 0. The van der Waals surface area contributed by atoms with Crippen molar-refractivity contribution in [2.45, 2.75) is 0 Å². The van der Waals surface area contributed by atoms with Crippen LogP contribution >= 0.6 is 0 Å². The molecule has 0 atom stereocenters. The van der Waals surface area contributed by atoms with E-state index in [4.69, 9.17) is 11.5 Å². The molecule has 1 radical (unpaired) electrons. The summed E-state index contributed by atoms with van der Waals surface area (Å²) in [7, 11) is 0. The molecule has 0 spiro atoms. The maximum Gasteiger partial charge on any atom is 0.221 e. The summed E-state index contributed by atoms with van der Waals surface area (Å²) in [6, 6.07) is 1.58. The van der Waals surface area contributed by atoms with E-state index in [0.29, 0.717) is 5.82 Å². The largest absolute Gasteiger partial charge is 0.384 e. The number of nitrogens with zero attached hydrogens (tertiary/aromatic N) is 2. The Morgan fingerprint density at radius 3 is 2.33 bits per heavy atom. The molecular formula is C4H6N4V. The first-order chi connectivity index (χ1) is 3.79. The van der Waals surface area contributed by atoms with Gasteiger partial charge in [-0.3, -0.25) is 0 Å². The van der Waals surface area contributed by atoms with E-state index < -0.39 is 0 Å². The SMILES string of the molecule is Nc1ccnc(N)n1.[V]. The van der Waals surface area contributed by atoms with Crippen LogP contribution in [0.3, 0.4) is 0 Å². The monoisotopic (exact) mass is 161 g/mol. The summed E-state index contributed by atoms with van der Waals surface area (Å²) in [5.41, 5.74) is 10.4. The van der Waals surface area contributed by atoms with Crippen LogP contribution in [-0.4, -0.2) is 9.97 Å². The number of hydrogen-bond acceptors (Lipinski definition) is 4. The molecule has 0 aliphatic rings. The second-order valence-electron chi connectivity index (χ2n) is 1.34. The fourth-order valence-corrected chi connectivity index (χ4v) is 0.388. The Morgan fingerprint density at radius 1 is 1.33 bits per heavy atom. The Morgan fingerprint density at radius 2 is 2.00 bits per heavy atom. The molecule has 0 saturated heterocycles. The third-order valence-electron chi connectivity index (χ3n) is 0.696. The van der Waals surface area contributed by atoms with Gasteiger partial charge < -0.3 is 11.5 Å². The van der Waals surface area contributed by atoms with Crippen molar-refractivity contribution in [3.05, 3.63) is 12.3 Å². The summed E-state index contributed by atoms with van der Waals surface area (Å²) in [5, 5.41) is 0. The van der Waals surface area contributed by atoms with Crippen LogP contribution in [0.1, 0.15) is 0 Å². The van der Waals surface area contributed by atoms with Crippen molar-refractivity contribution in [2.75, 3.05) is 11.5 Å². The van der Waals surface area contributed by atoms with Gasteiger partial charge in [0, 0.05) is 24.8 Å². The minimum Gasteiger partial charge on any atom is -0.384 e. The first kappa shape index (κ1) is 8.26. The fourth-order valence-electron chi connectivity index (χ4n) is 0.388. The Labute approximate surface area is 64.6 Å². The molecule has 0 fully saturated rings. The molecule has 0 amide bonds. The average molecular weight is 161 g/mol. The summed E-state index contributed by atoms with van der Waals surface area (Å²) in [5.74, 6) is 0.613. The van der Waals surface area contributed by atoms with Gasteiger partial charge in [0.1, 0.15) is 5.82 Å². The van der Waals surface area contributed by atoms with E-state index in [9.17, 15) is 0 Å². The molecule has 47 valence electrons. The number of aromatic nitrogens is 2. The van der Waals surface area contributed by atoms with Gasteiger partial charge in [0.15, 0.2) is 0 Å². The molecular weight excluding hydrogens is 155 g/mol. The van der Waals surface area contributed by atoms with Gasteiger partial charge in [-0.25, -0.2) is 4.98 Å². The van der Waals surface area contributed by atoms with Crippen LogP contribution in [0.25, 0.3) is 0 Å². The second kappa shape index (κ2) is 3.32. The zero-order valence-corrected chi connectivity index (χ0v) is 6.05. The minimum absolute atomic E-state index is 0. The molecule has 0 aromatic carbocycles. The molecule has 0 aliphatic carbocycles. The van der Waals surface area contributed by atoms with Gasteiger partial charge in [-0.1, -0.05) is 0 Å². The molecule has 1 heterocycles. The van der Waals surface area contributed by atoms with Crippen LogP contribution < -0.4 is 11.5 Å². The van der Waals surface area contributed by atoms with E-state index in [1.54, 1.807) is 6.07 Å². The van der Waals surface area contributed by atoms with Gasteiger partial charge in [-0.05, 0) is 6.07 Å². The minimum atomic E-state index is 0. The van der Waals surface area contributed by atoms with Crippen molar-refractivity contribution < 1.29 is 18.6 Å². The van der Waals surface area contributed by atoms with Crippen molar-refractivity contribution in [1.29, 1.82) is 0 Å². The number of rotatable bonds is 0. The standard InChI is InChI=1S/C4H6N4.V/c5-3-1-2-7-4(6)8-3;/h1-2H,(H4,5,6,7,8);. The van der Waals surface area contributed by atoms with Crippen LogP contribution in [0.4, 0.5) is 11.8 Å². The predicted octanol–water partition coefficient (Wildman–Crippen LogP) is -0.362. The van der Waals surface area contributed by atoms with E-state index in [2.05, 4.69) is 9.97 Å². The molecule has 0 aliphatic heterocycles. The van der Waals surface area contributed by atoms with E-state index in [0.717, 1.165) is 0 Å². The number of hydrogen-bond donors (Lipinski definition) is 2. The molecule has 1 aromatic heterocycles. The molecule has 0 unspecified atom stereocenters. The molecule has 4 N–H and O–H groups in total.